The number of hydrogen-bond acceptors (Lipinski definition) is 5. The van der Waals surface area contributed by atoms with E-state index in [4.69, 9.17) is 14.2 Å². The van der Waals surface area contributed by atoms with Gasteiger partial charge in [0.25, 0.3) is 5.91 Å². The van der Waals surface area contributed by atoms with Crippen molar-refractivity contribution in [3.05, 3.63) is 53.1 Å². The normalized spacial score (nSPS) is 12.2. The van der Waals surface area contributed by atoms with E-state index < -0.39 is 5.97 Å². The monoisotopic (exact) mass is 369 g/mol. The number of rotatable bonds is 7. The molecule has 1 aliphatic rings. The second kappa shape index (κ2) is 8.58. The summed E-state index contributed by atoms with van der Waals surface area (Å²) in [6.45, 7) is -0.316. The molecule has 0 saturated heterocycles. The average molecular weight is 369 g/mol. The summed E-state index contributed by atoms with van der Waals surface area (Å²) >= 11 is 0. The maximum Gasteiger partial charge on any atom is 0.310 e. The number of fused-ring (bicyclic) bond motifs is 1. The third-order valence-electron chi connectivity index (χ3n) is 4.54. The lowest BCUT2D eigenvalue weighted by Crippen LogP contribution is -2.21. The number of benzene rings is 2. The number of anilines is 1. The maximum atomic E-state index is 12.0. The van der Waals surface area contributed by atoms with Gasteiger partial charge in [0.1, 0.15) is 0 Å². The van der Waals surface area contributed by atoms with Crippen molar-refractivity contribution in [3.8, 4) is 11.5 Å². The Morgan fingerprint density at radius 3 is 2.52 bits per heavy atom. The number of nitrogens with one attached hydrogen (secondary N) is 1. The van der Waals surface area contributed by atoms with E-state index >= 15 is 0 Å². The molecule has 27 heavy (non-hydrogen) atoms. The van der Waals surface area contributed by atoms with E-state index in [0.29, 0.717) is 11.5 Å². The number of ether oxygens (including phenoxy) is 3. The highest BCUT2D eigenvalue weighted by Crippen LogP contribution is 2.28. The molecule has 142 valence electrons. The van der Waals surface area contributed by atoms with Crippen LogP contribution < -0.4 is 14.8 Å². The quantitative estimate of drug-likeness (QED) is 0.760. The van der Waals surface area contributed by atoms with Crippen LogP contribution in [-0.4, -0.2) is 32.7 Å². The molecule has 0 heterocycles. The Morgan fingerprint density at radius 1 is 0.963 bits per heavy atom. The van der Waals surface area contributed by atoms with Crippen molar-refractivity contribution in [2.75, 3.05) is 26.1 Å². The fraction of sp³-hybridized carbons (Fsp3) is 0.333. The van der Waals surface area contributed by atoms with Gasteiger partial charge in [-0.05, 0) is 60.2 Å². The summed E-state index contributed by atoms with van der Waals surface area (Å²) in [6, 6.07) is 11.1. The van der Waals surface area contributed by atoms with Crippen LogP contribution in [0.15, 0.2) is 36.4 Å². The summed E-state index contributed by atoms with van der Waals surface area (Å²) in [4.78, 5) is 24.0. The van der Waals surface area contributed by atoms with Crippen LogP contribution in [0.2, 0.25) is 0 Å². The topological polar surface area (TPSA) is 73.9 Å². The van der Waals surface area contributed by atoms with Gasteiger partial charge in [-0.15, -0.1) is 0 Å². The fourth-order valence-corrected chi connectivity index (χ4v) is 3.20. The highest BCUT2D eigenvalue weighted by molar-refractivity contribution is 5.93. The Kier molecular flexibility index (Phi) is 5.96. The minimum absolute atomic E-state index is 0.0481. The van der Waals surface area contributed by atoms with Crippen molar-refractivity contribution < 1.29 is 23.8 Å². The summed E-state index contributed by atoms with van der Waals surface area (Å²) in [5.74, 6) is 0.292. The molecule has 6 heteroatoms. The van der Waals surface area contributed by atoms with Crippen LogP contribution in [0.3, 0.4) is 0 Å². The summed E-state index contributed by atoms with van der Waals surface area (Å²) in [5.41, 5.74) is 4.07. The predicted octanol–water partition coefficient (Wildman–Crippen LogP) is 2.92. The minimum atomic E-state index is -0.480. The van der Waals surface area contributed by atoms with Crippen LogP contribution in [0.1, 0.15) is 23.1 Å². The molecule has 0 saturated carbocycles. The van der Waals surface area contributed by atoms with Crippen molar-refractivity contribution in [3.63, 3.8) is 0 Å². The Bertz CT molecular complexity index is 846. The number of esters is 1. The largest absolute Gasteiger partial charge is 0.493 e. The van der Waals surface area contributed by atoms with Crippen molar-refractivity contribution in [1.82, 2.24) is 0 Å². The molecule has 0 spiro atoms. The van der Waals surface area contributed by atoms with Gasteiger partial charge in [-0.2, -0.15) is 0 Å². The molecule has 0 aliphatic heterocycles. The molecule has 1 amide bonds. The number of hydrogen-bond donors (Lipinski definition) is 1. The SMILES string of the molecule is COc1ccc(CC(=O)OCC(=O)Nc2ccc3c(c2)CCC3)cc1OC. The third kappa shape index (κ3) is 4.78. The first-order valence-electron chi connectivity index (χ1n) is 8.87. The first-order valence-corrected chi connectivity index (χ1v) is 8.87. The van der Waals surface area contributed by atoms with E-state index in [2.05, 4.69) is 5.32 Å². The Balaban J connectivity index is 1.49. The summed E-state index contributed by atoms with van der Waals surface area (Å²) < 4.78 is 15.5. The number of methoxy groups -OCH3 is 2. The molecule has 0 fully saturated rings. The molecule has 2 aromatic rings. The maximum absolute atomic E-state index is 12.0. The molecular formula is C21H23NO5. The Hall–Kier alpha value is -3.02. The number of amides is 1. The number of carbonyl (C=O) groups excluding carboxylic acids is 2. The van der Waals surface area contributed by atoms with Gasteiger partial charge in [0, 0.05) is 5.69 Å². The van der Waals surface area contributed by atoms with Crippen molar-refractivity contribution >= 4 is 17.6 Å². The second-order valence-corrected chi connectivity index (χ2v) is 6.41. The van der Waals surface area contributed by atoms with E-state index in [-0.39, 0.29) is 18.9 Å². The molecule has 6 nitrogen and oxygen atoms in total. The van der Waals surface area contributed by atoms with Gasteiger partial charge >= 0.3 is 5.97 Å². The first-order chi connectivity index (χ1) is 13.1. The zero-order chi connectivity index (χ0) is 19.2. The summed E-state index contributed by atoms with van der Waals surface area (Å²) in [5, 5.41) is 2.77. The minimum Gasteiger partial charge on any atom is -0.493 e. The fourth-order valence-electron chi connectivity index (χ4n) is 3.20. The van der Waals surface area contributed by atoms with E-state index in [9.17, 15) is 9.59 Å². The molecule has 0 unspecified atom stereocenters. The van der Waals surface area contributed by atoms with Crippen molar-refractivity contribution in [1.29, 1.82) is 0 Å². The Morgan fingerprint density at radius 2 is 1.74 bits per heavy atom. The van der Waals surface area contributed by atoms with Gasteiger partial charge in [0.05, 0.1) is 20.6 Å². The van der Waals surface area contributed by atoms with E-state index in [1.807, 2.05) is 18.2 Å². The van der Waals surface area contributed by atoms with Crippen LogP contribution in [0.25, 0.3) is 0 Å². The van der Waals surface area contributed by atoms with Gasteiger partial charge in [-0.3, -0.25) is 9.59 Å². The lowest BCUT2D eigenvalue weighted by atomic mass is 10.1. The molecule has 1 N–H and O–H groups in total. The number of aryl methyl sites for hydroxylation is 2. The predicted molar refractivity (Wildman–Crippen MR) is 101 cm³/mol. The van der Waals surface area contributed by atoms with Gasteiger partial charge < -0.3 is 19.5 Å². The highest BCUT2D eigenvalue weighted by Gasteiger charge is 2.14. The van der Waals surface area contributed by atoms with Crippen molar-refractivity contribution in [2.45, 2.75) is 25.7 Å². The van der Waals surface area contributed by atoms with E-state index in [0.717, 1.165) is 30.5 Å². The van der Waals surface area contributed by atoms with Gasteiger partial charge in [0.2, 0.25) is 0 Å². The molecule has 3 rings (SSSR count). The van der Waals surface area contributed by atoms with Crippen LogP contribution in [0.4, 0.5) is 5.69 Å². The van der Waals surface area contributed by atoms with E-state index in [1.165, 1.54) is 18.2 Å². The lowest BCUT2D eigenvalue weighted by Gasteiger charge is -2.10. The smallest absolute Gasteiger partial charge is 0.310 e. The average Bonchev–Trinajstić information content (AvgIpc) is 3.14. The highest BCUT2D eigenvalue weighted by atomic mass is 16.5. The molecule has 0 atom stereocenters. The number of carbonyl (C=O) groups is 2. The van der Waals surface area contributed by atoms with Gasteiger partial charge in [-0.1, -0.05) is 12.1 Å². The van der Waals surface area contributed by atoms with Gasteiger partial charge in [0.15, 0.2) is 18.1 Å². The van der Waals surface area contributed by atoms with Crippen molar-refractivity contribution in [2.24, 2.45) is 0 Å². The summed E-state index contributed by atoms with van der Waals surface area (Å²) in [6.07, 6.45) is 3.34. The second-order valence-electron chi connectivity index (χ2n) is 6.41. The zero-order valence-corrected chi connectivity index (χ0v) is 15.5. The molecule has 1 aliphatic carbocycles. The van der Waals surface area contributed by atoms with E-state index in [1.54, 1.807) is 25.3 Å². The molecule has 0 radical (unpaired) electrons. The molecular weight excluding hydrogens is 346 g/mol. The van der Waals surface area contributed by atoms with Gasteiger partial charge in [-0.25, -0.2) is 0 Å². The third-order valence-corrected chi connectivity index (χ3v) is 4.54. The Labute approximate surface area is 158 Å². The zero-order valence-electron chi connectivity index (χ0n) is 15.5. The molecule has 0 bridgehead atoms. The molecule has 2 aromatic carbocycles. The summed E-state index contributed by atoms with van der Waals surface area (Å²) in [7, 11) is 3.08. The van der Waals surface area contributed by atoms with Crippen LogP contribution in [0.5, 0.6) is 11.5 Å². The lowest BCUT2D eigenvalue weighted by molar-refractivity contribution is -0.146. The van der Waals surface area contributed by atoms with Crippen LogP contribution in [-0.2, 0) is 33.6 Å². The van der Waals surface area contributed by atoms with Crippen LogP contribution in [0, 0.1) is 0 Å². The standard InChI is InChI=1S/C21H23NO5/c1-25-18-9-6-14(10-19(18)26-2)11-21(24)27-13-20(23)22-17-8-7-15-4-3-5-16(15)12-17/h6-10,12H,3-5,11,13H2,1-2H3,(H,22,23). The molecule has 0 aromatic heterocycles. The first kappa shape index (κ1) is 18.8. The van der Waals surface area contributed by atoms with Crippen LogP contribution >= 0.6 is 0 Å².